The third kappa shape index (κ3) is 4.63. The molecule has 0 amide bonds. The summed E-state index contributed by atoms with van der Waals surface area (Å²) < 4.78 is 2.65. The van der Waals surface area contributed by atoms with Crippen molar-refractivity contribution in [2.45, 2.75) is 57.8 Å². The first-order valence-electron chi connectivity index (χ1n) is 11.3. The van der Waals surface area contributed by atoms with E-state index >= 15 is 0 Å². The first-order valence-corrected chi connectivity index (χ1v) is 20.1. The monoisotopic (exact) mass is 558 g/mol. The van der Waals surface area contributed by atoms with Crippen molar-refractivity contribution in [3.63, 3.8) is 0 Å². The van der Waals surface area contributed by atoms with Crippen LogP contribution in [0.4, 0.5) is 0 Å². The molecule has 0 saturated heterocycles. The molecule has 0 N–H and O–H groups in total. The smallest absolute Gasteiger partial charge is 1.00 e. The number of benzene rings is 2. The molecule has 32 heavy (non-hydrogen) atoms. The van der Waals surface area contributed by atoms with E-state index in [4.69, 9.17) is 0 Å². The van der Waals surface area contributed by atoms with Gasteiger partial charge in [0, 0.05) is 0 Å². The molecule has 0 aliphatic heterocycles. The van der Waals surface area contributed by atoms with E-state index in [0.29, 0.717) is 5.92 Å². The van der Waals surface area contributed by atoms with Crippen molar-refractivity contribution in [3.05, 3.63) is 85.2 Å². The molecule has 2 aromatic rings. The summed E-state index contributed by atoms with van der Waals surface area (Å²) in [5, 5.41) is 0. The Labute approximate surface area is 215 Å². The molecule has 2 unspecified atom stereocenters. The van der Waals surface area contributed by atoms with E-state index in [1.165, 1.54) is 23.1 Å². The summed E-state index contributed by atoms with van der Waals surface area (Å²) in [4.78, 5) is 0. The standard InChI is InChI=1S/C17H15.C9H13.C2H6Si.2ClH.Zr/c1-2-13-11-15-9-6-10-16(17(15)12-13)14-7-4-3-5-8-14;1-6-5-7(2)9(4)8(6)3;1-3-2;;;/h3-12H,2H2,1H3;6H,1-4H3;1-2H3;2*1H;/q;;;;;+2/p-2. The first kappa shape index (κ1) is 27.6. The van der Waals surface area contributed by atoms with Crippen LogP contribution in [-0.4, -0.2) is 5.43 Å². The molecule has 2 atom stereocenters. The van der Waals surface area contributed by atoms with Crippen LogP contribution in [0.2, 0.25) is 13.1 Å². The fraction of sp³-hybridized carbons (Fsp3) is 0.357. The van der Waals surface area contributed by atoms with Gasteiger partial charge in [-0.25, -0.2) is 0 Å². The van der Waals surface area contributed by atoms with E-state index in [2.05, 4.69) is 102 Å². The van der Waals surface area contributed by atoms with Crippen molar-refractivity contribution < 1.29 is 45.2 Å². The van der Waals surface area contributed by atoms with E-state index in [0.717, 1.165) is 3.63 Å². The predicted octanol–water partition coefficient (Wildman–Crippen LogP) is 2.34. The van der Waals surface area contributed by atoms with Gasteiger partial charge in [-0.3, -0.25) is 0 Å². The van der Waals surface area contributed by atoms with Crippen LogP contribution in [0, 0.1) is 5.92 Å². The third-order valence-electron chi connectivity index (χ3n) is 7.40. The second kappa shape index (κ2) is 11.2. The van der Waals surface area contributed by atoms with E-state index in [-0.39, 0.29) is 30.2 Å². The quantitative estimate of drug-likeness (QED) is 0.504. The van der Waals surface area contributed by atoms with Gasteiger partial charge in [-0.2, -0.15) is 0 Å². The van der Waals surface area contributed by atoms with Gasteiger partial charge in [0.25, 0.3) is 0 Å². The SMILES string of the molecule is CCC1=Cc2c(-c3ccccc3)cccc2[CH]1[Zr+2]([C]1=C(C)C(C)=C(C)C1C)=[Si](C)C.[Cl-].[Cl-]. The fourth-order valence-corrected chi connectivity index (χ4v) is 26.1. The second-order valence-corrected chi connectivity index (χ2v) is 26.5. The molecular weight excluding hydrogens is 527 g/mol. The average molecular weight is 561 g/mol. The van der Waals surface area contributed by atoms with Crippen LogP contribution in [0.5, 0.6) is 0 Å². The number of allylic oxidation sites excluding steroid dienone is 5. The molecule has 0 bridgehead atoms. The van der Waals surface area contributed by atoms with Crippen molar-refractivity contribution in [3.8, 4) is 11.1 Å². The molecule has 0 radical (unpaired) electrons. The number of rotatable bonds is 4. The van der Waals surface area contributed by atoms with Gasteiger partial charge in [0.15, 0.2) is 0 Å². The summed E-state index contributed by atoms with van der Waals surface area (Å²) in [5.41, 5.74) is 12.2. The van der Waals surface area contributed by atoms with E-state index < -0.39 is 20.4 Å². The Morgan fingerprint density at radius 3 is 2.06 bits per heavy atom. The fourth-order valence-electron chi connectivity index (χ4n) is 5.49. The summed E-state index contributed by atoms with van der Waals surface area (Å²) >= 11 is -1.91. The largest absolute Gasteiger partial charge is 1.00 e. The summed E-state index contributed by atoms with van der Waals surface area (Å²) in [6.45, 7) is 17.3. The maximum atomic E-state index is 2.61. The molecule has 4 heteroatoms. The molecular formula is C28H34Cl2SiZr. The van der Waals surface area contributed by atoms with Crippen LogP contribution >= 0.6 is 0 Å². The van der Waals surface area contributed by atoms with Gasteiger partial charge in [-0.05, 0) is 0 Å². The van der Waals surface area contributed by atoms with Gasteiger partial charge in [0.1, 0.15) is 0 Å². The van der Waals surface area contributed by atoms with Crippen LogP contribution in [-0.2, 0) is 20.4 Å². The normalized spacial score (nSPS) is 19.0. The van der Waals surface area contributed by atoms with Gasteiger partial charge in [-0.1, -0.05) is 0 Å². The maximum absolute atomic E-state index is 2.61. The minimum Gasteiger partial charge on any atom is -1.00 e. The molecule has 0 spiro atoms. The minimum absolute atomic E-state index is 0. The predicted molar refractivity (Wildman–Crippen MR) is 131 cm³/mol. The summed E-state index contributed by atoms with van der Waals surface area (Å²) in [5.74, 6) is 0.666. The van der Waals surface area contributed by atoms with Crippen molar-refractivity contribution in [2.75, 3.05) is 0 Å². The zero-order valence-corrected chi connectivity index (χ0v) is 25.3. The summed E-state index contributed by atoms with van der Waals surface area (Å²) in [7, 11) is 0. The van der Waals surface area contributed by atoms with Gasteiger partial charge in [0.05, 0.1) is 0 Å². The zero-order chi connectivity index (χ0) is 21.6. The Bertz CT molecular complexity index is 1140. The molecule has 0 saturated carbocycles. The van der Waals surface area contributed by atoms with Gasteiger partial charge in [0.2, 0.25) is 0 Å². The molecule has 168 valence electrons. The second-order valence-electron chi connectivity index (χ2n) is 9.16. The molecule has 0 fully saturated rings. The van der Waals surface area contributed by atoms with Crippen LogP contribution < -0.4 is 24.8 Å². The number of halogens is 2. The molecule has 0 nitrogen and oxygen atoms in total. The van der Waals surface area contributed by atoms with Gasteiger partial charge < -0.3 is 24.8 Å². The Hall–Kier alpha value is -0.660. The minimum atomic E-state index is -1.91. The molecule has 0 heterocycles. The number of fused-ring (bicyclic) bond motifs is 1. The van der Waals surface area contributed by atoms with Crippen molar-refractivity contribution >= 4 is 11.5 Å². The van der Waals surface area contributed by atoms with Gasteiger partial charge in [-0.15, -0.1) is 0 Å². The summed E-state index contributed by atoms with van der Waals surface area (Å²) in [6.07, 6.45) is 3.76. The molecule has 2 aliphatic rings. The molecule has 0 aromatic heterocycles. The van der Waals surface area contributed by atoms with Crippen LogP contribution in [0.1, 0.15) is 55.8 Å². The van der Waals surface area contributed by atoms with Crippen molar-refractivity contribution in [1.29, 1.82) is 0 Å². The van der Waals surface area contributed by atoms with Crippen molar-refractivity contribution in [2.24, 2.45) is 5.92 Å². The maximum Gasteiger partial charge on any atom is -1.00 e. The Morgan fingerprint density at radius 2 is 1.53 bits per heavy atom. The summed E-state index contributed by atoms with van der Waals surface area (Å²) in [6, 6.07) is 18.1. The Kier molecular flexibility index (Phi) is 9.63. The molecule has 2 aliphatic carbocycles. The third-order valence-corrected chi connectivity index (χ3v) is 26.2. The Morgan fingerprint density at radius 1 is 0.875 bits per heavy atom. The topological polar surface area (TPSA) is 0 Å². The van der Waals surface area contributed by atoms with E-state index in [1.54, 1.807) is 27.9 Å². The zero-order valence-electron chi connectivity index (χ0n) is 20.3. The van der Waals surface area contributed by atoms with E-state index in [9.17, 15) is 0 Å². The molecule has 4 rings (SSSR count). The number of hydrogen-bond acceptors (Lipinski definition) is 0. The van der Waals surface area contributed by atoms with Crippen molar-refractivity contribution in [1.82, 2.24) is 0 Å². The van der Waals surface area contributed by atoms with Crippen LogP contribution in [0.3, 0.4) is 0 Å². The first-order chi connectivity index (χ1) is 14.4. The average Bonchev–Trinajstić information content (AvgIpc) is 3.21. The molecule has 2 aromatic carbocycles. The number of hydrogen-bond donors (Lipinski definition) is 0. The van der Waals surface area contributed by atoms with E-state index in [1.807, 2.05) is 3.28 Å². The Balaban J connectivity index is 0.00000181. The van der Waals surface area contributed by atoms with Gasteiger partial charge >= 0.3 is 192 Å². The van der Waals surface area contributed by atoms with Crippen LogP contribution in [0.15, 0.2) is 74.1 Å². The van der Waals surface area contributed by atoms with Crippen LogP contribution in [0.25, 0.3) is 17.2 Å².